The molecule has 3 aromatic rings. The lowest BCUT2D eigenvalue weighted by atomic mass is 10.1. The number of aromatic nitrogens is 1. The molecule has 21 heavy (non-hydrogen) atoms. The summed E-state index contributed by atoms with van der Waals surface area (Å²) in [5.74, 6) is 0.879. The number of benzene rings is 2. The van der Waals surface area contributed by atoms with Crippen LogP contribution in [0, 0.1) is 0 Å². The van der Waals surface area contributed by atoms with E-state index in [0.717, 1.165) is 26.9 Å². The maximum atomic E-state index is 5.40. The molecule has 0 saturated heterocycles. The van der Waals surface area contributed by atoms with Crippen LogP contribution in [0.4, 0.5) is 5.69 Å². The van der Waals surface area contributed by atoms with Crippen LogP contribution in [0.5, 0.6) is 5.75 Å². The van der Waals surface area contributed by atoms with Gasteiger partial charge in [0.1, 0.15) is 5.75 Å². The van der Waals surface area contributed by atoms with Crippen LogP contribution in [-0.4, -0.2) is 12.1 Å². The zero-order valence-electron chi connectivity index (χ0n) is 11.6. The van der Waals surface area contributed by atoms with Crippen molar-refractivity contribution in [3.63, 3.8) is 0 Å². The minimum atomic E-state index is 0.691. The van der Waals surface area contributed by atoms with Gasteiger partial charge < -0.3 is 10.1 Å². The number of methoxy groups -OCH3 is 1. The molecule has 0 saturated carbocycles. The predicted octanol–water partition coefficient (Wildman–Crippen LogP) is 4.62. The Hall–Kier alpha value is -2.07. The molecule has 0 unspecified atom stereocenters. The number of hydrogen-bond acceptors (Lipinski definition) is 3. The number of pyridine rings is 1. The molecule has 3 rings (SSSR count). The van der Waals surface area contributed by atoms with Gasteiger partial charge in [-0.05, 0) is 35.7 Å². The highest BCUT2D eigenvalue weighted by Gasteiger charge is 2.05. The summed E-state index contributed by atoms with van der Waals surface area (Å²) in [4.78, 5) is 4.20. The Morgan fingerprint density at radius 3 is 2.95 bits per heavy atom. The highest BCUT2D eigenvalue weighted by Crippen LogP contribution is 2.26. The first-order valence-electron chi connectivity index (χ1n) is 6.67. The molecule has 2 aromatic carbocycles. The molecule has 0 aliphatic heterocycles. The largest absolute Gasteiger partial charge is 0.496 e. The number of fused-ring (bicyclic) bond motifs is 1. The number of rotatable bonds is 4. The SMILES string of the molecule is COc1ccc(Br)cc1CNc1cccc2ccncc12. The minimum absolute atomic E-state index is 0.691. The predicted molar refractivity (Wildman–Crippen MR) is 89.8 cm³/mol. The summed E-state index contributed by atoms with van der Waals surface area (Å²) in [5.41, 5.74) is 2.18. The Morgan fingerprint density at radius 2 is 2.10 bits per heavy atom. The molecule has 1 heterocycles. The van der Waals surface area contributed by atoms with Crippen molar-refractivity contribution in [3.8, 4) is 5.75 Å². The van der Waals surface area contributed by atoms with Crippen molar-refractivity contribution in [2.24, 2.45) is 0 Å². The van der Waals surface area contributed by atoms with Crippen LogP contribution >= 0.6 is 15.9 Å². The second kappa shape index (κ2) is 6.14. The van der Waals surface area contributed by atoms with Crippen molar-refractivity contribution < 1.29 is 4.74 Å². The van der Waals surface area contributed by atoms with E-state index < -0.39 is 0 Å². The second-order valence-corrected chi connectivity index (χ2v) is 5.63. The van der Waals surface area contributed by atoms with Gasteiger partial charge in [0.15, 0.2) is 0 Å². The molecule has 0 spiro atoms. The normalized spacial score (nSPS) is 10.6. The number of nitrogens with one attached hydrogen (secondary N) is 1. The summed E-state index contributed by atoms with van der Waals surface area (Å²) in [6.45, 7) is 0.691. The lowest BCUT2D eigenvalue weighted by molar-refractivity contribution is 0.410. The van der Waals surface area contributed by atoms with Crippen molar-refractivity contribution in [3.05, 3.63) is 64.9 Å². The Morgan fingerprint density at radius 1 is 1.19 bits per heavy atom. The Kier molecular flexibility index (Phi) is 4.06. The van der Waals surface area contributed by atoms with Gasteiger partial charge in [-0.2, -0.15) is 0 Å². The first kappa shape index (κ1) is 13.9. The summed E-state index contributed by atoms with van der Waals surface area (Å²) in [6, 6.07) is 14.2. The lowest BCUT2D eigenvalue weighted by Crippen LogP contribution is -2.02. The lowest BCUT2D eigenvalue weighted by Gasteiger charge is -2.12. The van der Waals surface area contributed by atoms with Crippen molar-refractivity contribution in [2.45, 2.75) is 6.54 Å². The van der Waals surface area contributed by atoms with Crippen molar-refractivity contribution >= 4 is 32.4 Å². The van der Waals surface area contributed by atoms with Gasteiger partial charge in [0.25, 0.3) is 0 Å². The van der Waals surface area contributed by atoms with Gasteiger partial charge in [0.2, 0.25) is 0 Å². The van der Waals surface area contributed by atoms with Gasteiger partial charge >= 0.3 is 0 Å². The number of anilines is 1. The van der Waals surface area contributed by atoms with Crippen LogP contribution in [0.25, 0.3) is 10.8 Å². The molecule has 106 valence electrons. The zero-order chi connectivity index (χ0) is 14.7. The van der Waals surface area contributed by atoms with Gasteiger partial charge in [0, 0.05) is 40.0 Å². The highest BCUT2D eigenvalue weighted by atomic mass is 79.9. The number of hydrogen-bond donors (Lipinski definition) is 1. The van der Waals surface area contributed by atoms with E-state index in [1.807, 2.05) is 36.7 Å². The maximum Gasteiger partial charge on any atom is 0.123 e. The molecule has 3 nitrogen and oxygen atoms in total. The third-order valence-corrected chi connectivity index (χ3v) is 3.89. The van der Waals surface area contributed by atoms with E-state index in [-0.39, 0.29) is 0 Å². The monoisotopic (exact) mass is 342 g/mol. The van der Waals surface area contributed by atoms with E-state index in [9.17, 15) is 0 Å². The van der Waals surface area contributed by atoms with E-state index in [1.165, 1.54) is 5.39 Å². The van der Waals surface area contributed by atoms with E-state index >= 15 is 0 Å². The quantitative estimate of drug-likeness (QED) is 0.751. The first-order valence-corrected chi connectivity index (χ1v) is 7.46. The molecule has 1 aromatic heterocycles. The van der Waals surface area contributed by atoms with Gasteiger partial charge in [0.05, 0.1) is 7.11 Å². The molecule has 0 atom stereocenters. The van der Waals surface area contributed by atoms with Gasteiger partial charge in [-0.1, -0.05) is 28.1 Å². The molecule has 1 N–H and O–H groups in total. The highest BCUT2D eigenvalue weighted by molar-refractivity contribution is 9.10. The number of nitrogens with zero attached hydrogens (tertiary/aromatic N) is 1. The van der Waals surface area contributed by atoms with Gasteiger partial charge in [-0.3, -0.25) is 4.98 Å². The molecule has 0 amide bonds. The summed E-state index contributed by atoms with van der Waals surface area (Å²) >= 11 is 3.50. The Balaban J connectivity index is 1.89. The van der Waals surface area contributed by atoms with Crippen LogP contribution in [-0.2, 0) is 6.54 Å². The first-order chi connectivity index (χ1) is 10.3. The minimum Gasteiger partial charge on any atom is -0.496 e. The van der Waals surface area contributed by atoms with Crippen LogP contribution in [0.15, 0.2) is 59.3 Å². The standard InChI is InChI=1S/C17H15BrN2O/c1-21-17-6-5-14(18)9-13(17)10-20-16-4-2-3-12-7-8-19-11-15(12)16/h2-9,11,20H,10H2,1H3. The van der Waals surface area contributed by atoms with E-state index in [4.69, 9.17) is 4.74 Å². The molecule has 0 fully saturated rings. The average Bonchev–Trinajstić information content (AvgIpc) is 2.53. The smallest absolute Gasteiger partial charge is 0.123 e. The Labute approximate surface area is 132 Å². The molecular weight excluding hydrogens is 328 g/mol. The van der Waals surface area contributed by atoms with Crippen LogP contribution in [0.2, 0.25) is 0 Å². The fourth-order valence-corrected chi connectivity index (χ4v) is 2.75. The third kappa shape index (κ3) is 3.00. The third-order valence-electron chi connectivity index (χ3n) is 3.40. The summed E-state index contributed by atoms with van der Waals surface area (Å²) in [7, 11) is 1.69. The number of halogens is 1. The zero-order valence-corrected chi connectivity index (χ0v) is 13.2. The van der Waals surface area contributed by atoms with Gasteiger partial charge in [-0.15, -0.1) is 0 Å². The molecule has 0 bridgehead atoms. The van der Waals surface area contributed by atoms with E-state index in [2.05, 4.69) is 44.4 Å². The van der Waals surface area contributed by atoms with Crippen molar-refractivity contribution in [1.29, 1.82) is 0 Å². The Bertz CT molecular complexity index is 768. The fourth-order valence-electron chi connectivity index (χ4n) is 2.34. The summed E-state index contributed by atoms with van der Waals surface area (Å²) in [5, 5.41) is 5.76. The van der Waals surface area contributed by atoms with E-state index in [1.54, 1.807) is 7.11 Å². The fraction of sp³-hybridized carbons (Fsp3) is 0.118. The molecule has 0 aliphatic carbocycles. The molecule has 0 radical (unpaired) electrons. The summed E-state index contributed by atoms with van der Waals surface area (Å²) < 4.78 is 6.44. The van der Waals surface area contributed by atoms with Crippen LogP contribution in [0.1, 0.15) is 5.56 Å². The van der Waals surface area contributed by atoms with Crippen LogP contribution < -0.4 is 10.1 Å². The molecular formula is C17H15BrN2O. The van der Waals surface area contributed by atoms with Crippen LogP contribution in [0.3, 0.4) is 0 Å². The van der Waals surface area contributed by atoms with Crippen molar-refractivity contribution in [2.75, 3.05) is 12.4 Å². The van der Waals surface area contributed by atoms with Crippen molar-refractivity contribution in [1.82, 2.24) is 4.98 Å². The average molecular weight is 343 g/mol. The second-order valence-electron chi connectivity index (χ2n) is 4.71. The summed E-state index contributed by atoms with van der Waals surface area (Å²) in [6.07, 6.45) is 3.69. The van der Waals surface area contributed by atoms with E-state index in [0.29, 0.717) is 6.54 Å². The molecule has 4 heteroatoms. The van der Waals surface area contributed by atoms with Gasteiger partial charge in [-0.25, -0.2) is 0 Å². The topological polar surface area (TPSA) is 34.1 Å². The molecule has 0 aliphatic rings. The number of ether oxygens (including phenoxy) is 1. The maximum absolute atomic E-state index is 5.40.